The zero-order valence-electron chi connectivity index (χ0n) is 12.3. The zero-order chi connectivity index (χ0) is 15.2. The fourth-order valence-corrected chi connectivity index (χ4v) is 2.69. The number of rotatable bonds is 6. The number of fused-ring (bicyclic) bond motifs is 1. The summed E-state index contributed by atoms with van der Waals surface area (Å²) >= 11 is 0. The largest absolute Gasteiger partial charge is 0.478 e. The van der Waals surface area contributed by atoms with E-state index < -0.39 is 5.97 Å². The number of carbonyl (C=O) groups excluding carboxylic acids is 1. The molecule has 21 heavy (non-hydrogen) atoms. The third-order valence-electron chi connectivity index (χ3n) is 3.67. The number of hydrogen-bond acceptors (Lipinski definition) is 3. The Morgan fingerprint density at radius 2 is 2.19 bits per heavy atom. The van der Waals surface area contributed by atoms with E-state index in [4.69, 9.17) is 4.74 Å². The first-order valence-corrected chi connectivity index (χ1v) is 7.38. The monoisotopic (exact) mass is 291 g/mol. The van der Waals surface area contributed by atoms with Crippen molar-refractivity contribution in [1.82, 2.24) is 0 Å². The topological polar surface area (TPSA) is 66.8 Å². The molecule has 2 rings (SSSR count). The second-order valence-corrected chi connectivity index (χ2v) is 5.06. The van der Waals surface area contributed by atoms with Gasteiger partial charge in [-0.05, 0) is 43.9 Å². The van der Waals surface area contributed by atoms with Crippen LogP contribution in [0.15, 0.2) is 18.2 Å². The van der Waals surface area contributed by atoms with Crippen molar-refractivity contribution in [1.29, 1.82) is 0 Å². The Hall–Kier alpha value is -1.88. The minimum atomic E-state index is -0.933. The minimum Gasteiger partial charge on any atom is -0.478 e. The first-order valence-electron chi connectivity index (χ1n) is 7.38. The number of carboxylic acid groups (broad SMARTS) is 1. The quantitative estimate of drug-likeness (QED) is 0.818. The summed E-state index contributed by atoms with van der Waals surface area (Å²) in [5.41, 5.74) is 1.83. The maximum absolute atomic E-state index is 12.3. The average Bonchev–Trinajstić information content (AvgIpc) is 2.50. The van der Waals surface area contributed by atoms with Gasteiger partial charge in [-0.25, -0.2) is 4.79 Å². The molecular formula is C16H21NO4. The van der Waals surface area contributed by atoms with Gasteiger partial charge in [0, 0.05) is 31.9 Å². The molecule has 0 bridgehead atoms. The Labute approximate surface area is 124 Å². The standard InChI is InChI=1S/C16H21NO4/c1-2-21-11-5-9-15(18)17-10-4-7-12-13(16(19)20)6-3-8-14(12)17/h3,6,8H,2,4-5,7,9-11H2,1H3,(H,19,20). The normalized spacial score (nSPS) is 13.9. The van der Waals surface area contributed by atoms with Crippen LogP contribution in [-0.2, 0) is 16.0 Å². The molecule has 0 saturated carbocycles. The molecule has 1 aliphatic rings. The van der Waals surface area contributed by atoms with Gasteiger partial charge in [0.05, 0.1) is 5.56 Å². The Morgan fingerprint density at radius 1 is 1.38 bits per heavy atom. The highest BCUT2D eigenvalue weighted by molar-refractivity contribution is 5.98. The Bertz CT molecular complexity index is 527. The molecule has 1 aromatic rings. The molecule has 1 aliphatic heterocycles. The van der Waals surface area contributed by atoms with E-state index in [1.54, 1.807) is 17.0 Å². The smallest absolute Gasteiger partial charge is 0.336 e. The molecule has 0 radical (unpaired) electrons. The van der Waals surface area contributed by atoms with E-state index in [0.29, 0.717) is 44.6 Å². The first kappa shape index (κ1) is 15.5. The molecule has 0 spiro atoms. The van der Waals surface area contributed by atoms with Crippen LogP contribution in [-0.4, -0.2) is 36.7 Å². The summed E-state index contributed by atoms with van der Waals surface area (Å²) in [6.45, 7) is 3.82. The van der Waals surface area contributed by atoms with Gasteiger partial charge in [-0.1, -0.05) is 6.07 Å². The molecule has 1 amide bonds. The summed E-state index contributed by atoms with van der Waals surface area (Å²) in [7, 11) is 0. The molecule has 1 aromatic carbocycles. The molecule has 0 unspecified atom stereocenters. The van der Waals surface area contributed by atoms with Gasteiger partial charge >= 0.3 is 5.97 Å². The van der Waals surface area contributed by atoms with Crippen LogP contribution < -0.4 is 4.90 Å². The average molecular weight is 291 g/mol. The highest BCUT2D eigenvalue weighted by atomic mass is 16.5. The van der Waals surface area contributed by atoms with Gasteiger partial charge in [0.2, 0.25) is 5.91 Å². The molecular weight excluding hydrogens is 270 g/mol. The van der Waals surface area contributed by atoms with E-state index in [0.717, 1.165) is 17.7 Å². The predicted octanol–water partition coefficient (Wildman–Crippen LogP) is 2.48. The number of benzene rings is 1. The van der Waals surface area contributed by atoms with E-state index >= 15 is 0 Å². The molecule has 0 aromatic heterocycles. The van der Waals surface area contributed by atoms with Crippen LogP contribution in [0, 0.1) is 0 Å². The molecule has 114 valence electrons. The number of nitrogens with zero attached hydrogens (tertiary/aromatic N) is 1. The maximum atomic E-state index is 12.3. The third kappa shape index (κ3) is 3.61. The number of anilines is 1. The van der Waals surface area contributed by atoms with E-state index in [2.05, 4.69) is 0 Å². The summed E-state index contributed by atoms with van der Waals surface area (Å²) < 4.78 is 5.24. The summed E-state index contributed by atoms with van der Waals surface area (Å²) in [5, 5.41) is 9.25. The summed E-state index contributed by atoms with van der Waals surface area (Å²) in [5.74, 6) is -0.893. The lowest BCUT2D eigenvalue weighted by Crippen LogP contribution is -2.36. The Balaban J connectivity index is 2.13. The third-order valence-corrected chi connectivity index (χ3v) is 3.67. The van der Waals surface area contributed by atoms with E-state index in [1.807, 2.05) is 13.0 Å². The van der Waals surface area contributed by atoms with Crippen molar-refractivity contribution >= 4 is 17.6 Å². The maximum Gasteiger partial charge on any atom is 0.336 e. The number of carbonyl (C=O) groups is 2. The Morgan fingerprint density at radius 3 is 2.90 bits per heavy atom. The van der Waals surface area contributed by atoms with Gasteiger partial charge in [-0.3, -0.25) is 4.79 Å². The Kier molecular flexibility index (Phi) is 5.33. The first-order chi connectivity index (χ1) is 10.1. The zero-order valence-corrected chi connectivity index (χ0v) is 12.3. The lowest BCUT2D eigenvalue weighted by molar-refractivity contribution is -0.119. The van der Waals surface area contributed by atoms with Crippen molar-refractivity contribution in [2.45, 2.75) is 32.6 Å². The van der Waals surface area contributed by atoms with Gasteiger partial charge in [-0.2, -0.15) is 0 Å². The van der Waals surface area contributed by atoms with Gasteiger partial charge in [0.15, 0.2) is 0 Å². The van der Waals surface area contributed by atoms with Gasteiger partial charge < -0.3 is 14.7 Å². The predicted molar refractivity (Wildman–Crippen MR) is 79.8 cm³/mol. The van der Waals surface area contributed by atoms with Crippen molar-refractivity contribution in [3.63, 3.8) is 0 Å². The SMILES string of the molecule is CCOCCCC(=O)N1CCCc2c(C(=O)O)cccc21. The highest BCUT2D eigenvalue weighted by Crippen LogP contribution is 2.30. The van der Waals surface area contributed by atoms with Crippen LogP contribution in [0.4, 0.5) is 5.69 Å². The number of carboxylic acids is 1. The van der Waals surface area contributed by atoms with Crippen molar-refractivity contribution in [2.24, 2.45) is 0 Å². The second kappa shape index (κ2) is 7.22. The van der Waals surface area contributed by atoms with Crippen LogP contribution in [0.1, 0.15) is 42.1 Å². The van der Waals surface area contributed by atoms with Crippen molar-refractivity contribution < 1.29 is 19.4 Å². The molecule has 0 fully saturated rings. The van der Waals surface area contributed by atoms with Crippen molar-refractivity contribution in [2.75, 3.05) is 24.7 Å². The molecule has 0 aliphatic carbocycles. The van der Waals surface area contributed by atoms with Crippen LogP contribution in [0.5, 0.6) is 0 Å². The number of hydrogen-bond donors (Lipinski definition) is 1. The van der Waals surface area contributed by atoms with Gasteiger partial charge in [-0.15, -0.1) is 0 Å². The van der Waals surface area contributed by atoms with E-state index in [-0.39, 0.29) is 5.91 Å². The minimum absolute atomic E-state index is 0.0400. The molecule has 5 heteroatoms. The lowest BCUT2D eigenvalue weighted by Gasteiger charge is -2.30. The van der Waals surface area contributed by atoms with Crippen LogP contribution in [0.25, 0.3) is 0 Å². The van der Waals surface area contributed by atoms with Crippen LogP contribution >= 0.6 is 0 Å². The lowest BCUT2D eigenvalue weighted by atomic mass is 9.96. The van der Waals surface area contributed by atoms with Crippen LogP contribution in [0.2, 0.25) is 0 Å². The molecule has 1 heterocycles. The summed E-state index contributed by atoms with van der Waals surface area (Å²) in [6, 6.07) is 5.14. The van der Waals surface area contributed by atoms with Gasteiger partial charge in [0.25, 0.3) is 0 Å². The molecule has 1 N–H and O–H groups in total. The molecule has 0 atom stereocenters. The van der Waals surface area contributed by atoms with Crippen molar-refractivity contribution in [3.05, 3.63) is 29.3 Å². The van der Waals surface area contributed by atoms with Gasteiger partial charge in [0.1, 0.15) is 0 Å². The fraction of sp³-hybridized carbons (Fsp3) is 0.500. The van der Waals surface area contributed by atoms with E-state index in [1.165, 1.54) is 0 Å². The van der Waals surface area contributed by atoms with Crippen LogP contribution in [0.3, 0.4) is 0 Å². The second-order valence-electron chi connectivity index (χ2n) is 5.06. The van der Waals surface area contributed by atoms with Crippen molar-refractivity contribution in [3.8, 4) is 0 Å². The highest BCUT2D eigenvalue weighted by Gasteiger charge is 2.25. The summed E-state index contributed by atoms with van der Waals surface area (Å²) in [6.07, 6.45) is 2.63. The molecule has 0 saturated heterocycles. The molecule has 5 nitrogen and oxygen atoms in total. The number of aromatic carboxylic acids is 1. The summed E-state index contributed by atoms with van der Waals surface area (Å²) in [4.78, 5) is 25.3. The fourth-order valence-electron chi connectivity index (χ4n) is 2.69. The van der Waals surface area contributed by atoms with E-state index in [9.17, 15) is 14.7 Å². The number of ether oxygens (including phenoxy) is 1. The number of amides is 1.